The van der Waals surface area contributed by atoms with Crippen LogP contribution in [-0.4, -0.2) is 5.91 Å². The van der Waals surface area contributed by atoms with Crippen molar-refractivity contribution in [2.45, 2.75) is 0 Å². The van der Waals surface area contributed by atoms with Gasteiger partial charge in [0.05, 0.1) is 15.7 Å². The lowest BCUT2D eigenvalue weighted by Crippen LogP contribution is -2.24. The molecule has 0 radical (unpaired) electrons. The fourth-order valence-corrected chi connectivity index (χ4v) is 3.96. The first-order valence-corrected chi connectivity index (χ1v) is 10.8. The summed E-state index contributed by atoms with van der Waals surface area (Å²) in [6.07, 6.45) is 3.65. The largest absolute Gasteiger partial charge is 0.457 e. The smallest absolute Gasteiger partial charge is 0.263 e. The SMILES string of the molecule is O=C1/C(=C/c2ccc(-c3ccc(Cl)c(Cl)c3)o2)C=C(c2ccccc2)N1c1ccccc1. The summed E-state index contributed by atoms with van der Waals surface area (Å²) in [7, 11) is 0. The zero-order chi connectivity index (χ0) is 22.1. The molecule has 5 rings (SSSR count). The van der Waals surface area contributed by atoms with Gasteiger partial charge in [0.25, 0.3) is 5.91 Å². The first-order valence-electron chi connectivity index (χ1n) is 10.0. The quantitative estimate of drug-likeness (QED) is 0.293. The van der Waals surface area contributed by atoms with Gasteiger partial charge in [-0.1, -0.05) is 71.7 Å². The van der Waals surface area contributed by atoms with Crippen molar-refractivity contribution in [3.05, 3.63) is 124 Å². The molecule has 1 aromatic heterocycles. The Bertz CT molecular complexity index is 1350. The predicted molar refractivity (Wildman–Crippen MR) is 130 cm³/mol. The highest BCUT2D eigenvalue weighted by molar-refractivity contribution is 6.42. The van der Waals surface area contributed by atoms with E-state index in [0.717, 1.165) is 22.5 Å². The van der Waals surface area contributed by atoms with Crippen molar-refractivity contribution in [3.63, 3.8) is 0 Å². The van der Waals surface area contributed by atoms with E-state index in [2.05, 4.69) is 0 Å². The third-order valence-electron chi connectivity index (χ3n) is 5.20. The average Bonchev–Trinajstić information content (AvgIpc) is 3.42. The monoisotopic (exact) mass is 457 g/mol. The van der Waals surface area contributed by atoms with Crippen molar-refractivity contribution in [1.29, 1.82) is 0 Å². The topological polar surface area (TPSA) is 33.5 Å². The van der Waals surface area contributed by atoms with Crippen LogP contribution in [0.5, 0.6) is 0 Å². The van der Waals surface area contributed by atoms with Crippen LogP contribution >= 0.6 is 23.2 Å². The molecule has 0 N–H and O–H groups in total. The Kier molecular flexibility index (Phi) is 5.44. The van der Waals surface area contributed by atoms with Crippen molar-refractivity contribution in [3.8, 4) is 11.3 Å². The molecule has 0 saturated carbocycles. The second kappa shape index (κ2) is 8.54. The second-order valence-electron chi connectivity index (χ2n) is 7.30. The molecule has 0 unspecified atom stereocenters. The van der Waals surface area contributed by atoms with Crippen molar-refractivity contribution in [2.24, 2.45) is 0 Å². The van der Waals surface area contributed by atoms with Gasteiger partial charge in [-0.05, 0) is 60.2 Å². The number of rotatable bonds is 4. The second-order valence-corrected chi connectivity index (χ2v) is 8.12. The maximum absolute atomic E-state index is 13.4. The number of hydrogen-bond donors (Lipinski definition) is 0. The van der Waals surface area contributed by atoms with E-state index in [9.17, 15) is 4.79 Å². The number of para-hydroxylation sites is 1. The standard InChI is InChI=1S/C27H17Cl2NO2/c28-23-13-11-19(16-24(23)29)26-14-12-22(32-26)15-20-17-25(18-7-3-1-4-8-18)30(27(20)31)21-9-5-2-6-10-21/h1-17H/b20-15+. The molecule has 5 heteroatoms. The Morgan fingerprint density at radius 3 is 2.19 bits per heavy atom. The van der Waals surface area contributed by atoms with Crippen LogP contribution in [0.25, 0.3) is 23.1 Å². The number of carbonyl (C=O) groups is 1. The van der Waals surface area contributed by atoms with E-state index in [1.165, 1.54) is 0 Å². The molecule has 0 aliphatic carbocycles. The third kappa shape index (κ3) is 3.89. The molecule has 0 fully saturated rings. The number of amides is 1. The van der Waals surface area contributed by atoms with Crippen LogP contribution in [0.4, 0.5) is 5.69 Å². The van der Waals surface area contributed by atoms with Gasteiger partial charge in [-0.3, -0.25) is 9.69 Å². The molecular formula is C27H17Cl2NO2. The molecule has 3 aromatic carbocycles. The third-order valence-corrected chi connectivity index (χ3v) is 5.93. The summed E-state index contributed by atoms with van der Waals surface area (Å²) < 4.78 is 5.98. The maximum Gasteiger partial charge on any atom is 0.263 e. The highest BCUT2D eigenvalue weighted by Gasteiger charge is 2.30. The summed E-state index contributed by atoms with van der Waals surface area (Å²) in [6.45, 7) is 0. The number of anilines is 1. The van der Waals surface area contributed by atoms with Gasteiger partial charge in [0, 0.05) is 16.8 Å². The van der Waals surface area contributed by atoms with E-state index in [-0.39, 0.29) is 5.91 Å². The van der Waals surface area contributed by atoms with Gasteiger partial charge in [-0.2, -0.15) is 0 Å². The lowest BCUT2D eigenvalue weighted by Gasteiger charge is -2.20. The maximum atomic E-state index is 13.4. The van der Waals surface area contributed by atoms with Gasteiger partial charge in [-0.25, -0.2) is 0 Å². The minimum Gasteiger partial charge on any atom is -0.457 e. The normalized spacial score (nSPS) is 14.8. The molecule has 0 saturated heterocycles. The zero-order valence-electron chi connectivity index (χ0n) is 16.8. The van der Waals surface area contributed by atoms with Gasteiger partial charge in [-0.15, -0.1) is 0 Å². The van der Waals surface area contributed by atoms with Gasteiger partial charge in [0.2, 0.25) is 0 Å². The van der Waals surface area contributed by atoms with Crippen molar-refractivity contribution < 1.29 is 9.21 Å². The molecule has 0 bridgehead atoms. The lowest BCUT2D eigenvalue weighted by atomic mass is 10.1. The van der Waals surface area contributed by atoms with E-state index in [1.54, 1.807) is 23.1 Å². The number of carbonyl (C=O) groups excluding carboxylic acids is 1. The van der Waals surface area contributed by atoms with Crippen molar-refractivity contribution in [1.82, 2.24) is 0 Å². The summed E-state index contributed by atoms with van der Waals surface area (Å²) in [5, 5.41) is 0.945. The molecule has 4 aromatic rings. The van der Waals surface area contributed by atoms with Crippen molar-refractivity contribution >= 4 is 46.6 Å². The van der Waals surface area contributed by atoms with E-state index >= 15 is 0 Å². The van der Waals surface area contributed by atoms with Crippen LogP contribution in [0.15, 0.2) is 107 Å². The molecule has 0 atom stereocenters. The Hall–Kier alpha value is -3.53. The van der Waals surface area contributed by atoms with Gasteiger partial charge < -0.3 is 4.42 Å². The fraction of sp³-hybridized carbons (Fsp3) is 0. The van der Waals surface area contributed by atoms with Crippen LogP contribution in [0.1, 0.15) is 11.3 Å². The molecule has 1 amide bonds. The van der Waals surface area contributed by atoms with E-state index < -0.39 is 0 Å². The summed E-state index contributed by atoms with van der Waals surface area (Å²) >= 11 is 12.1. The van der Waals surface area contributed by atoms with Crippen LogP contribution in [0, 0.1) is 0 Å². The van der Waals surface area contributed by atoms with Crippen LogP contribution in [-0.2, 0) is 4.79 Å². The molecule has 156 valence electrons. The molecule has 1 aliphatic rings. The minimum absolute atomic E-state index is 0.109. The van der Waals surface area contributed by atoms with E-state index in [4.69, 9.17) is 27.6 Å². The first-order chi connectivity index (χ1) is 15.6. The summed E-state index contributed by atoms with van der Waals surface area (Å²) in [5.74, 6) is 1.11. The number of furan rings is 1. The Morgan fingerprint density at radius 2 is 1.47 bits per heavy atom. The predicted octanol–water partition coefficient (Wildman–Crippen LogP) is 7.72. The number of halogens is 2. The Labute approximate surface area is 195 Å². The fourth-order valence-electron chi connectivity index (χ4n) is 3.66. The summed E-state index contributed by atoms with van der Waals surface area (Å²) in [6, 6.07) is 28.5. The van der Waals surface area contributed by atoms with E-state index in [1.807, 2.05) is 84.9 Å². The lowest BCUT2D eigenvalue weighted by molar-refractivity contribution is -0.113. The molecule has 2 heterocycles. The Morgan fingerprint density at radius 1 is 0.750 bits per heavy atom. The molecule has 32 heavy (non-hydrogen) atoms. The van der Waals surface area contributed by atoms with Crippen LogP contribution in [0.2, 0.25) is 10.0 Å². The summed E-state index contributed by atoms with van der Waals surface area (Å²) in [4.78, 5) is 15.1. The highest BCUT2D eigenvalue weighted by atomic mass is 35.5. The molecular weight excluding hydrogens is 441 g/mol. The van der Waals surface area contributed by atoms with Crippen molar-refractivity contribution in [2.75, 3.05) is 4.90 Å². The number of nitrogens with zero attached hydrogens (tertiary/aromatic N) is 1. The van der Waals surface area contributed by atoms with Gasteiger partial charge in [0.15, 0.2) is 0 Å². The number of hydrogen-bond acceptors (Lipinski definition) is 2. The summed E-state index contributed by atoms with van der Waals surface area (Å²) in [5.41, 5.74) is 3.95. The number of benzene rings is 3. The zero-order valence-corrected chi connectivity index (χ0v) is 18.3. The van der Waals surface area contributed by atoms with E-state index in [0.29, 0.717) is 27.1 Å². The molecule has 3 nitrogen and oxygen atoms in total. The van der Waals surface area contributed by atoms with Crippen LogP contribution in [0.3, 0.4) is 0 Å². The van der Waals surface area contributed by atoms with Gasteiger partial charge >= 0.3 is 0 Å². The Balaban J connectivity index is 1.53. The first kappa shape index (κ1) is 20.4. The minimum atomic E-state index is -0.109. The highest BCUT2D eigenvalue weighted by Crippen LogP contribution is 2.36. The average molecular weight is 458 g/mol. The van der Waals surface area contributed by atoms with Crippen LogP contribution < -0.4 is 4.90 Å². The van der Waals surface area contributed by atoms with Gasteiger partial charge in [0.1, 0.15) is 11.5 Å². The molecule has 0 spiro atoms. The molecule has 1 aliphatic heterocycles.